The first-order chi connectivity index (χ1) is 7.43. The maximum absolute atomic E-state index is 10.6. The Morgan fingerprint density at radius 1 is 1.50 bits per heavy atom. The molecule has 1 rings (SSSR count). The molecule has 2 atom stereocenters. The summed E-state index contributed by atoms with van der Waals surface area (Å²) in [6.07, 6.45) is 0.892. The van der Waals surface area contributed by atoms with Crippen molar-refractivity contribution in [1.82, 2.24) is 0 Å². The Morgan fingerprint density at radius 2 is 2.12 bits per heavy atom. The molecule has 2 nitrogen and oxygen atoms in total. The second kappa shape index (κ2) is 5.07. The molecule has 0 aromatic heterocycles. The van der Waals surface area contributed by atoms with Gasteiger partial charge in [0.1, 0.15) is 5.75 Å². The van der Waals surface area contributed by atoms with Crippen molar-refractivity contribution >= 4 is 11.6 Å². The largest absolute Gasteiger partial charge is 0.496 e. The topological polar surface area (TPSA) is 29.5 Å². The Kier molecular flexibility index (Phi) is 4.22. The molecule has 3 heteroatoms. The number of rotatable bonds is 4. The molecule has 0 heterocycles. The Bertz CT molecular complexity index is 361. The summed E-state index contributed by atoms with van der Waals surface area (Å²) >= 11 is 5.96. The van der Waals surface area contributed by atoms with Crippen LogP contribution in [0.2, 0.25) is 5.02 Å². The molecular weight excluding hydrogens is 224 g/mol. The van der Waals surface area contributed by atoms with Gasteiger partial charge in [-0.1, -0.05) is 31.9 Å². The van der Waals surface area contributed by atoms with Crippen LogP contribution in [0, 0.1) is 5.92 Å². The molecule has 0 amide bonds. The zero-order valence-corrected chi connectivity index (χ0v) is 11.0. The molecule has 0 aliphatic carbocycles. The number of hydrogen-bond acceptors (Lipinski definition) is 2. The van der Waals surface area contributed by atoms with E-state index in [1.807, 2.05) is 6.92 Å². The van der Waals surface area contributed by atoms with Crippen LogP contribution >= 0.6 is 11.6 Å². The van der Waals surface area contributed by atoms with Crippen LogP contribution in [-0.4, -0.2) is 12.2 Å². The van der Waals surface area contributed by atoms with E-state index in [4.69, 9.17) is 16.3 Å². The van der Waals surface area contributed by atoms with Crippen molar-refractivity contribution in [2.45, 2.75) is 32.8 Å². The summed E-state index contributed by atoms with van der Waals surface area (Å²) in [6.45, 7) is 5.87. The van der Waals surface area contributed by atoms with Gasteiger partial charge in [-0.3, -0.25) is 0 Å². The minimum absolute atomic E-state index is 0.139. The molecule has 1 N–H and O–H groups in total. The zero-order chi connectivity index (χ0) is 12.3. The molecule has 1 aromatic carbocycles. The monoisotopic (exact) mass is 242 g/mol. The van der Waals surface area contributed by atoms with Crippen molar-refractivity contribution in [3.63, 3.8) is 0 Å². The number of benzene rings is 1. The summed E-state index contributed by atoms with van der Waals surface area (Å²) in [7, 11) is 1.60. The highest BCUT2D eigenvalue weighted by Crippen LogP contribution is 2.38. The Hall–Kier alpha value is -0.730. The number of hydrogen-bond donors (Lipinski definition) is 1. The van der Waals surface area contributed by atoms with Gasteiger partial charge in [0, 0.05) is 10.6 Å². The van der Waals surface area contributed by atoms with Gasteiger partial charge < -0.3 is 9.84 Å². The lowest BCUT2D eigenvalue weighted by atomic mass is 9.82. The van der Waals surface area contributed by atoms with Crippen molar-refractivity contribution in [1.29, 1.82) is 0 Å². The molecule has 16 heavy (non-hydrogen) atoms. The fourth-order valence-electron chi connectivity index (χ4n) is 1.74. The van der Waals surface area contributed by atoms with Crippen LogP contribution in [0.1, 0.15) is 32.8 Å². The summed E-state index contributed by atoms with van der Waals surface area (Å²) in [6, 6.07) is 5.32. The molecule has 0 spiro atoms. The predicted molar refractivity (Wildman–Crippen MR) is 67.0 cm³/mol. The van der Waals surface area contributed by atoms with Crippen LogP contribution < -0.4 is 4.74 Å². The van der Waals surface area contributed by atoms with Crippen LogP contribution in [0.25, 0.3) is 0 Å². The molecule has 0 saturated carbocycles. The van der Waals surface area contributed by atoms with Gasteiger partial charge in [0.25, 0.3) is 0 Å². The molecule has 0 radical (unpaired) electrons. The smallest absolute Gasteiger partial charge is 0.125 e. The van der Waals surface area contributed by atoms with Gasteiger partial charge in [0.05, 0.1) is 12.7 Å². The highest BCUT2D eigenvalue weighted by atomic mass is 35.5. The molecule has 0 aliphatic rings. The van der Waals surface area contributed by atoms with Crippen LogP contribution in [-0.2, 0) is 5.60 Å². The van der Waals surface area contributed by atoms with Crippen molar-refractivity contribution in [2.75, 3.05) is 7.11 Å². The van der Waals surface area contributed by atoms with Crippen LogP contribution in [0.3, 0.4) is 0 Å². The third-order valence-electron chi connectivity index (χ3n) is 3.28. The Labute approximate surface area is 102 Å². The van der Waals surface area contributed by atoms with Gasteiger partial charge in [-0.25, -0.2) is 0 Å². The third-order valence-corrected chi connectivity index (χ3v) is 3.51. The summed E-state index contributed by atoms with van der Waals surface area (Å²) in [5.41, 5.74) is -0.179. The summed E-state index contributed by atoms with van der Waals surface area (Å²) in [4.78, 5) is 0. The molecule has 0 fully saturated rings. The second-order valence-electron chi connectivity index (χ2n) is 4.30. The molecule has 1 aromatic rings. The first-order valence-electron chi connectivity index (χ1n) is 5.49. The highest BCUT2D eigenvalue weighted by molar-refractivity contribution is 6.30. The normalized spacial score (nSPS) is 16.6. The van der Waals surface area contributed by atoms with Crippen molar-refractivity contribution in [2.24, 2.45) is 5.92 Å². The second-order valence-corrected chi connectivity index (χ2v) is 4.74. The van der Waals surface area contributed by atoms with E-state index in [0.29, 0.717) is 10.8 Å². The lowest BCUT2D eigenvalue weighted by molar-refractivity contribution is -0.00195. The Balaban J connectivity index is 3.24. The quantitative estimate of drug-likeness (QED) is 0.874. The predicted octanol–water partition coefficient (Wildman–Crippen LogP) is 3.60. The van der Waals surface area contributed by atoms with Crippen LogP contribution in [0.5, 0.6) is 5.75 Å². The highest BCUT2D eigenvalue weighted by Gasteiger charge is 2.32. The number of aliphatic hydroxyl groups is 1. The summed E-state index contributed by atoms with van der Waals surface area (Å²) < 4.78 is 5.26. The molecular formula is C13H19ClO2. The van der Waals surface area contributed by atoms with Gasteiger partial charge >= 0.3 is 0 Å². The average Bonchev–Trinajstić information content (AvgIpc) is 2.27. The molecule has 0 bridgehead atoms. The van der Waals surface area contributed by atoms with Crippen LogP contribution in [0.15, 0.2) is 18.2 Å². The lowest BCUT2D eigenvalue weighted by Gasteiger charge is -2.31. The van der Waals surface area contributed by atoms with E-state index in [9.17, 15) is 5.11 Å². The van der Waals surface area contributed by atoms with E-state index in [0.717, 1.165) is 12.0 Å². The van der Waals surface area contributed by atoms with Gasteiger partial charge in [-0.15, -0.1) is 0 Å². The third kappa shape index (κ3) is 2.50. The fourth-order valence-corrected chi connectivity index (χ4v) is 1.91. The number of ether oxygens (including phenoxy) is 1. The van der Waals surface area contributed by atoms with Gasteiger partial charge in [-0.05, 0) is 31.0 Å². The van der Waals surface area contributed by atoms with E-state index in [1.54, 1.807) is 32.2 Å². The van der Waals surface area contributed by atoms with E-state index in [2.05, 4.69) is 6.92 Å². The minimum atomic E-state index is -0.926. The maximum atomic E-state index is 10.6. The summed E-state index contributed by atoms with van der Waals surface area (Å²) in [5.74, 6) is 0.814. The average molecular weight is 243 g/mol. The summed E-state index contributed by atoms with van der Waals surface area (Å²) in [5, 5.41) is 11.2. The van der Waals surface area contributed by atoms with E-state index in [-0.39, 0.29) is 5.92 Å². The van der Waals surface area contributed by atoms with Gasteiger partial charge in [0.2, 0.25) is 0 Å². The van der Waals surface area contributed by atoms with Crippen molar-refractivity contribution in [3.05, 3.63) is 28.8 Å². The van der Waals surface area contributed by atoms with E-state index >= 15 is 0 Å². The Morgan fingerprint density at radius 3 is 2.62 bits per heavy atom. The minimum Gasteiger partial charge on any atom is -0.496 e. The van der Waals surface area contributed by atoms with Gasteiger partial charge in [0.15, 0.2) is 0 Å². The van der Waals surface area contributed by atoms with Crippen LogP contribution in [0.4, 0.5) is 0 Å². The van der Waals surface area contributed by atoms with Crippen molar-refractivity contribution < 1.29 is 9.84 Å². The number of methoxy groups -OCH3 is 1. The standard InChI is InChI=1S/C13H19ClO2/c1-5-9(2)13(3,15)11-8-10(14)6-7-12(11)16-4/h6-9,15H,5H2,1-4H3. The zero-order valence-electron chi connectivity index (χ0n) is 10.2. The SMILES string of the molecule is CCC(C)C(C)(O)c1cc(Cl)ccc1OC. The first-order valence-corrected chi connectivity index (χ1v) is 5.87. The molecule has 90 valence electrons. The molecule has 0 saturated heterocycles. The lowest BCUT2D eigenvalue weighted by Crippen LogP contribution is -2.30. The molecule has 0 aliphatic heterocycles. The number of halogens is 1. The fraction of sp³-hybridized carbons (Fsp3) is 0.538. The maximum Gasteiger partial charge on any atom is 0.125 e. The van der Waals surface area contributed by atoms with Gasteiger partial charge in [-0.2, -0.15) is 0 Å². The van der Waals surface area contributed by atoms with E-state index in [1.165, 1.54) is 0 Å². The van der Waals surface area contributed by atoms with E-state index < -0.39 is 5.60 Å². The molecule has 2 unspecified atom stereocenters. The first kappa shape index (κ1) is 13.3. The van der Waals surface area contributed by atoms with Crippen molar-refractivity contribution in [3.8, 4) is 5.75 Å².